The first-order valence-corrected chi connectivity index (χ1v) is 8.39. The number of hydrogen-bond acceptors (Lipinski definition) is 2. The molecule has 2 atom stereocenters. The summed E-state index contributed by atoms with van der Waals surface area (Å²) < 4.78 is 0. The zero-order chi connectivity index (χ0) is 16.9. The van der Waals surface area contributed by atoms with Crippen LogP contribution in [0.3, 0.4) is 0 Å². The Morgan fingerprint density at radius 3 is 1.71 bits per heavy atom. The van der Waals surface area contributed by atoms with Gasteiger partial charge < -0.3 is 10.4 Å². The van der Waals surface area contributed by atoms with Crippen molar-refractivity contribution >= 4 is 28.9 Å². The van der Waals surface area contributed by atoms with E-state index in [9.17, 15) is 5.11 Å². The maximum Gasteiger partial charge on any atom is 0.103 e. The molecule has 3 aromatic rings. The predicted octanol–water partition coefficient (Wildman–Crippen LogP) is 5.88. The lowest BCUT2D eigenvalue weighted by Gasteiger charge is -2.26. The van der Waals surface area contributed by atoms with E-state index in [2.05, 4.69) is 5.32 Å². The molecule has 0 radical (unpaired) electrons. The number of rotatable bonds is 5. The van der Waals surface area contributed by atoms with Crippen LogP contribution >= 0.6 is 23.2 Å². The number of aliphatic hydroxyl groups excluding tert-OH is 1. The molecule has 0 saturated carbocycles. The van der Waals surface area contributed by atoms with E-state index in [0.717, 1.165) is 16.8 Å². The van der Waals surface area contributed by atoms with Crippen LogP contribution < -0.4 is 5.32 Å². The second-order valence-electron chi connectivity index (χ2n) is 5.54. The number of aliphatic hydroxyl groups is 1. The maximum atomic E-state index is 10.9. The van der Waals surface area contributed by atoms with Gasteiger partial charge >= 0.3 is 0 Å². The van der Waals surface area contributed by atoms with Crippen LogP contribution in [0.1, 0.15) is 23.3 Å². The van der Waals surface area contributed by atoms with Crippen molar-refractivity contribution in [2.75, 3.05) is 5.32 Å². The monoisotopic (exact) mass is 357 g/mol. The van der Waals surface area contributed by atoms with E-state index in [4.69, 9.17) is 23.2 Å². The van der Waals surface area contributed by atoms with Gasteiger partial charge in [-0.15, -0.1) is 0 Å². The Balaban J connectivity index is 1.94. The molecule has 0 fully saturated rings. The first-order chi connectivity index (χ1) is 11.6. The van der Waals surface area contributed by atoms with Gasteiger partial charge in [0.1, 0.15) is 6.10 Å². The van der Waals surface area contributed by atoms with E-state index in [1.54, 1.807) is 12.1 Å². The lowest BCUT2D eigenvalue weighted by Crippen LogP contribution is -2.19. The highest BCUT2D eigenvalue weighted by Crippen LogP contribution is 2.33. The van der Waals surface area contributed by atoms with Crippen LogP contribution in [0, 0.1) is 0 Å². The summed E-state index contributed by atoms with van der Waals surface area (Å²) in [7, 11) is 0. The summed E-state index contributed by atoms with van der Waals surface area (Å²) in [6, 6.07) is 24.2. The van der Waals surface area contributed by atoms with Gasteiger partial charge in [-0.05, 0) is 47.5 Å². The van der Waals surface area contributed by atoms with E-state index in [1.165, 1.54) is 0 Å². The van der Waals surface area contributed by atoms with Crippen molar-refractivity contribution in [3.05, 3.63) is 100 Å². The Morgan fingerprint density at radius 2 is 1.17 bits per heavy atom. The molecule has 0 aliphatic heterocycles. The molecule has 3 rings (SSSR count). The summed E-state index contributed by atoms with van der Waals surface area (Å²) in [5, 5.41) is 15.6. The highest BCUT2D eigenvalue weighted by Gasteiger charge is 2.22. The van der Waals surface area contributed by atoms with E-state index in [-0.39, 0.29) is 6.04 Å². The van der Waals surface area contributed by atoms with Crippen LogP contribution in [0.4, 0.5) is 5.69 Å². The van der Waals surface area contributed by atoms with Gasteiger partial charge in [-0.3, -0.25) is 0 Å². The molecule has 0 aliphatic carbocycles. The molecule has 24 heavy (non-hydrogen) atoms. The molecular weight excluding hydrogens is 341 g/mol. The standard InChI is InChI=1S/C20H17Cl2NO/c21-16-10-6-14(7-11-16)19(23-18-4-2-1-3-5-18)20(24)15-8-12-17(22)13-9-15/h1-13,19-20,23-24H/t19-,20+/m0/s1. The lowest BCUT2D eigenvalue weighted by molar-refractivity contribution is 0.155. The number of benzene rings is 3. The fourth-order valence-corrected chi connectivity index (χ4v) is 2.83. The molecule has 3 aromatic carbocycles. The number of para-hydroxylation sites is 1. The fourth-order valence-electron chi connectivity index (χ4n) is 2.58. The van der Waals surface area contributed by atoms with Gasteiger partial charge in [-0.2, -0.15) is 0 Å². The summed E-state index contributed by atoms with van der Waals surface area (Å²) >= 11 is 11.9. The highest BCUT2D eigenvalue weighted by molar-refractivity contribution is 6.30. The first kappa shape index (κ1) is 16.8. The zero-order valence-electron chi connectivity index (χ0n) is 12.9. The van der Waals surface area contributed by atoms with E-state index in [0.29, 0.717) is 10.0 Å². The van der Waals surface area contributed by atoms with Crippen molar-refractivity contribution < 1.29 is 5.11 Å². The zero-order valence-corrected chi connectivity index (χ0v) is 14.4. The Bertz CT molecular complexity index is 773. The highest BCUT2D eigenvalue weighted by atomic mass is 35.5. The molecule has 4 heteroatoms. The van der Waals surface area contributed by atoms with Crippen LogP contribution in [-0.2, 0) is 0 Å². The average molecular weight is 358 g/mol. The smallest absolute Gasteiger partial charge is 0.103 e. The van der Waals surface area contributed by atoms with E-state index >= 15 is 0 Å². The van der Waals surface area contributed by atoms with Crippen LogP contribution in [0.15, 0.2) is 78.9 Å². The molecule has 0 spiro atoms. The van der Waals surface area contributed by atoms with Gasteiger partial charge in [-0.25, -0.2) is 0 Å². The summed E-state index contributed by atoms with van der Waals surface area (Å²) in [5.74, 6) is 0. The topological polar surface area (TPSA) is 32.3 Å². The summed E-state index contributed by atoms with van der Waals surface area (Å²) in [4.78, 5) is 0. The van der Waals surface area contributed by atoms with E-state index in [1.807, 2.05) is 66.7 Å². The molecular formula is C20H17Cl2NO. The maximum absolute atomic E-state index is 10.9. The van der Waals surface area contributed by atoms with Crippen LogP contribution in [0.2, 0.25) is 10.0 Å². The van der Waals surface area contributed by atoms with Crippen molar-refractivity contribution in [3.8, 4) is 0 Å². The third kappa shape index (κ3) is 4.09. The van der Waals surface area contributed by atoms with Crippen LogP contribution in [0.25, 0.3) is 0 Å². The molecule has 0 amide bonds. The number of nitrogens with one attached hydrogen (secondary N) is 1. The van der Waals surface area contributed by atoms with Gasteiger partial charge in [0.05, 0.1) is 6.04 Å². The molecule has 0 aliphatic rings. The van der Waals surface area contributed by atoms with Gasteiger partial charge in [0, 0.05) is 15.7 Å². The minimum atomic E-state index is -0.733. The SMILES string of the molecule is O[C@H](c1ccc(Cl)cc1)[C@@H](Nc1ccccc1)c1ccc(Cl)cc1. The van der Waals surface area contributed by atoms with Gasteiger partial charge in [0.2, 0.25) is 0 Å². The molecule has 122 valence electrons. The third-order valence-corrected chi connectivity index (χ3v) is 4.36. The third-order valence-electron chi connectivity index (χ3n) is 3.85. The van der Waals surface area contributed by atoms with Crippen LogP contribution in [-0.4, -0.2) is 5.11 Å². The minimum Gasteiger partial charge on any atom is -0.386 e. The quantitative estimate of drug-likeness (QED) is 0.597. The van der Waals surface area contributed by atoms with Gasteiger partial charge in [-0.1, -0.05) is 65.7 Å². The second kappa shape index (κ2) is 7.71. The van der Waals surface area contributed by atoms with Crippen molar-refractivity contribution in [3.63, 3.8) is 0 Å². The predicted molar refractivity (Wildman–Crippen MR) is 101 cm³/mol. The average Bonchev–Trinajstić information content (AvgIpc) is 2.62. The van der Waals surface area contributed by atoms with Crippen molar-refractivity contribution in [1.29, 1.82) is 0 Å². The lowest BCUT2D eigenvalue weighted by atomic mass is 9.95. The Morgan fingerprint density at radius 1 is 0.667 bits per heavy atom. The summed E-state index contributed by atoms with van der Waals surface area (Å²) in [6.45, 7) is 0. The molecule has 0 heterocycles. The minimum absolute atomic E-state index is 0.314. The molecule has 0 saturated heterocycles. The van der Waals surface area contributed by atoms with Crippen LogP contribution in [0.5, 0.6) is 0 Å². The van der Waals surface area contributed by atoms with Crippen molar-refractivity contribution in [2.45, 2.75) is 12.1 Å². The Kier molecular flexibility index (Phi) is 5.41. The number of anilines is 1. The number of hydrogen-bond donors (Lipinski definition) is 2. The molecule has 2 N–H and O–H groups in total. The second-order valence-corrected chi connectivity index (χ2v) is 6.41. The fraction of sp³-hybridized carbons (Fsp3) is 0.100. The number of halogens is 2. The molecule has 2 nitrogen and oxygen atoms in total. The summed E-state index contributed by atoms with van der Waals surface area (Å²) in [5.41, 5.74) is 2.68. The first-order valence-electron chi connectivity index (χ1n) is 7.64. The molecule has 0 aromatic heterocycles. The Hall–Kier alpha value is -2.00. The molecule has 0 bridgehead atoms. The normalized spacial score (nSPS) is 13.3. The molecule has 0 unspecified atom stereocenters. The van der Waals surface area contributed by atoms with Gasteiger partial charge in [0.25, 0.3) is 0 Å². The van der Waals surface area contributed by atoms with Crippen molar-refractivity contribution in [2.24, 2.45) is 0 Å². The van der Waals surface area contributed by atoms with E-state index < -0.39 is 6.10 Å². The summed E-state index contributed by atoms with van der Waals surface area (Å²) in [6.07, 6.45) is -0.733. The van der Waals surface area contributed by atoms with Gasteiger partial charge in [0.15, 0.2) is 0 Å². The Labute approximate surface area is 151 Å². The van der Waals surface area contributed by atoms with Crippen molar-refractivity contribution in [1.82, 2.24) is 0 Å². The largest absolute Gasteiger partial charge is 0.386 e.